The van der Waals surface area contributed by atoms with Gasteiger partial charge in [0.2, 0.25) is 0 Å². The van der Waals surface area contributed by atoms with Crippen LogP contribution < -0.4 is 5.32 Å². The van der Waals surface area contributed by atoms with E-state index in [-0.39, 0.29) is 11.9 Å². The van der Waals surface area contributed by atoms with Crippen LogP contribution in [-0.4, -0.2) is 14.8 Å². The minimum absolute atomic E-state index is 0.148. The van der Waals surface area contributed by atoms with Crippen molar-refractivity contribution in [2.75, 3.05) is 0 Å². The Balaban J connectivity index is 1.64. The maximum absolute atomic E-state index is 13.4. The molecule has 0 unspecified atom stereocenters. The van der Waals surface area contributed by atoms with Crippen LogP contribution in [0.3, 0.4) is 0 Å². The second-order valence-electron chi connectivity index (χ2n) is 6.68. The van der Waals surface area contributed by atoms with Crippen molar-refractivity contribution in [3.63, 3.8) is 0 Å². The predicted octanol–water partition coefficient (Wildman–Crippen LogP) is 4.92. The Kier molecular flexibility index (Phi) is 5.26. The lowest BCUT2D eigenvalue weighted by Gasteiger charge is -2.13. The Morgan fingerprint density at radius 1 is 1.00 bits per heavy atom. The Hall–Kier alpha value is -3.31. The van der Waals surface area contributed by atoms with Crippen molar-refractivity contribution in [1.29, 1.82) is 0 Å². The van der Waals surface area contributed by atoms with Crippen LogP contribution in [0.2, 0.25) is 0 Å². The van der Waals surface area contributed by atoms with Gasteiger partial charge in [-0.25, -0.2) is 9.07 Å². The first-order valence-electron chi connectivity index (χ1n) is 9.24. The molecule has 2 aromatic heterocycles. The highest BCUT2D eigenvalue weighted by atomic mass is 19.1. The Morgan fingerprint density at radius 2 is 1.79 bits per heavy atom. The van der Waals surface area contributed by atoms with Gasteiger partial charge in [0.15, 0.2) is 0 Å². The SMILES string of the molecule is C[C@H](NCc1cn(-c2ccccc2)nc1-c1ccc(F)cc1)c1cccnc1. The van der Waals surface area contributed by atoms with Gasteiger partial charge in [-0.1, -0.05) is 24.3 Å². The Bertz CT molecular complexity index is 1030. The molecule has 0 radical (unpaired) electrons. The summed E-state index contributed by atoms with van der Waals surface area (Å²) in [5.74, 6) is -0.254. The molecular weight excluding hydrogens is 351 g/mol. The smallest absolute Gasteiger partial charge is 0.123 e. The molecule has 140 valence electrons. The van der Waals surface area contributed by atoms with E-state index in [4.69, 9.17) is 5.10 Å². The monoisotopic (exact) mass is 372 g/mol. The van der Waals surface area contributed by atoms with E-state index in [1.807, 2.05) is 53.5 Å². The van der Waals surface area contributed by atoms with Crippen LogP contribution in [0, 0.1) is 5.82 Å². The highest BCUT2D eigenvalue weighted by Crippen LogP contribution is 2.25. The lowest BCUT2D eigenvalue weighted by Crippen LogP contribution is -2.18. The molecule has 0 bridgehead atoms. The summed E-state index contributed by atoms with van der Waals surface area (Å²) in [6.45, 7) is 2.74. The quantitative estimate of drug-likeness (QED) is 0.522. The minimum atomic E-state index is -0.254. The molecule has 0 aliphatic rings. The molecular formula is C23H21FN4. The molecule has 1 N–H and O–H groups in total. The van der Waals surface area contributed by atoms with E-state index >= 15 is 0 Å². The van der Waals surface area contributed by atoms with Crippen molar-refractivity contribution in [2.45, 2.75) is 19.5 Å². The topological polar surface area (TPSA) is 42.7 Å². The molecule has 5 heteroatoms. The van der Waals surface area contributed by atoms with Gasteiger partial charge in [-0.2, -0.15) is 5.10 Å². The molecule has 0 amide bonds. The van der Waals surface area contributed by atoms with Gasteiger partial charge >= 0.3 is 0 Å². The molecule has 0 fully saturated rings. The fourth-order valence-corrected chi connectivity index (χ4v) is 3.12. The van der Waals surface area contributed by atoms with Gasteiger partial charge in [0.25, 0.3) is 0 Å². The number of rotatable bonds is 6. The maximum Gasteiger partial charge on any atom is 0.123 e. The summed E-state index contributed by atoms with van der Waals surface area (Å²) < 4.78 is 15.2. The number of para-hydroxylation sites is 1. The molecule has 4 aromatic rings. The number of halogens is 1. The molecule has 4 rings (SSSR count). The molecule has 0 aliphatic heterocycles. The van der Waals surface area contributed by atoms with E-state index in [0.717, 1.165) is 28.1 Å². The lowest BCUT2D eigenvalue weighted by molar-refractivity contribution is 0.573. The molecule has 0 aliphatic carbocycles. The zero-order valence-electron chi connectivity index (χ0n) is 15.6. The van der Waals surface area contributed by atoms with Gasteiger partial charge in [0.05, 0.1) is 11.4 Å². The molecule has 0 saturated carbocycles. The van der Waals surface area contributed by atoms with Crippen molar-refractivity contribution < 1.29 is 4.39 Å². The average Bonchev–Trinajstić information content (AvgIpc) is 3.18. The molecule has 0 saturated heterocycles. The third-order valence-electron chi connectivity index (χ3n) is 4.71. The van der Waals surface area contributed by atoms with E-state index < -0.39 is 0 Å². The Labute approximate surface area is 163 Å². The van der Waals surface area contributed by atoms with Crippen molar-refractivity contribution in [3.8, 4) is 16.9 Å². The highest BCUT2D eigenvalue weighted by Gasteiger charge is 2.14. The molecule has 2 aromatic carbocycles. The summed E-state index contributed by atoms with van der Waals surface area (Å²) >= 11 is 0. The van der Waals surface area contributed by atoms with Crippen molar-refractivity contribution in [2.24, 2.45) is 0 Å². The molecule has 28 heavy (non-hydrogen) atoms. The second kappa shape index (κ2) is 8.15. The van der Waals surface area contributed by atoms with Crippen LogP contribution in [0.5, 0.6) is 0 Å². The summed E-state index contributed by atoms with van der Waals surface area (Å²) in [5, 5.41) is 8.31. The van der Waals surface area contributed by atoms with Gasteiger partial charge in [0.1, 0.15) is 5.82 Å². The normalized spacial score (nSPS) is 12.1. The summed E-state index contributed by atoms with van der Waals surface area (Å²) in [7, 11) is 0. The Morgan fingerprint density at radius 3 is 2.50 bits per heavy atom. The van der Waals surface area contributed by atoms with E-state index in [2.05, 4.69) is 23.3 Å². The summed E-state index contributed by atoms with van der Waals surface area (Å²) in [5.41, 5.74) is 4.89. The van der Waals surface area contributed by atoms with E-state index in [9.17, 15) is 4.39 Å². The third-order valence-corrected chi connectivity index (χ3v) is 4.71. The first-order valence-corrected chi connectivity index (χ1v) is 9.24. The molecule has 2 heterocycles. The fourth-order valence-electron chi connectivity index (χ4n) is 3.12. The molecule has 0 spiro atoms. The van der Waals surface area contributed by atoms with Gasteiger partial charge in [-0.15, -0.1) is 0 Å². The predicted molar refractivity (Wildman–Crippen MR) is 108 cm³/mol. The zero-order valence-corrected chi connectivity index (χ0v) is 15.6. The fraction of sp³-hybridized carbons (Fsp3) is 0.130. The summed E-state index contributed by atoms with van der Waals surface area (Å²) in [6, 6.07) is 20.6. The number of nitrogens with one attached hydrogen (secondary N) is 1. The van der Waals surface area contributed by atoms with Crippen molar-refractivity contribution in [3.05, 3.63) is 102 Å². The van der Waals surface area contributed by atoms with Gasteiger partial charge in [0, 0.05) is 42.3 Å². The number of hydrogen-bond acceptors (Lipinski definition) is 3. The number of aromatic nitrogens is 3. The molecule has 1 atom stereocenters. The first-order chi connectivity index (χ1) is 13.7. The van der Waals surface area contributed by atoms with Crippen LogP contribution in [0.1, 0.15) is 24.1 Å². The number of hydrogen-bond donors (Lipinski definition) is 1. The standard InChI is InChI=1S/C23H21FN4/c1-17(19-6-5-13-25-14-19)26-15-20-16-28(22-7-3-2-4-8-22)27-23(20)18-9-11-21(24)12-10-18/h2-14,16-17,26H,15H2,1H3/t17-/m0/s1. The zero-order chi connectivity index (χ0) is 19.3. The number of pyridine rings is 1. The van der Waals surface area contributed by atoms with Crippen LogP contribution in [0.4, 0.5) is 4.39 Å². The summed E-state index contributed by atoms with van der Waals surface area (Å²) in [6.07, 6.45) is 5.66. The van der Waals surface area contributed by atoms with Crippen LogP contribution in [0.15, 0.2) is 85.3 Å². The van der Waals surface area contributed by atoms with E-state index in [1.54, 1.807) is 18.3 Å². The highest BCUT2D eigenvalue weighted by molar-refractivity contribution is 5.63. The minimum Gasteiger partial charge on any atom is -0.306 e. The van der Waals surface area contributed by atoms with E-state index in [0.29, 0.717) is 6.54 Å². The van der Waals surface area contributed by atoms with Gasteiger partial charge < -0.3 is 5.32 Å². The summed E-state index contributed by atoms with van der Waals surface area (Å²) in [4.78, 5) is 4.19. The van der Waals surface area contributed by atoms with Crippen LogP contribution in [0.25, 0.3) is 16.9 Å². The average molecular weight is 372 g/mol. The molecule has 4 nitrogen and oxygen atoms in total. The number of benzene rings is 2. The van der Waals surface area contributed by atoms with Crippen LogP contribution in [-0.2, 0) is 6.54 Å². The van der Waals surface area contributed by atoms with Crippen LogP contribution >= 0.6 is 0 Å². The van der Waals surface area contributed by atoms with E-state index in [1.165, 1.54) is 12.1 Å². The van der Waals surface area contributed by atoms with Crippen molar-refractivity contribution >= 4 is 0 Å². The van der Waals surface area contributed by atoms with Gasteiger partial charge in [-0.05, 0) is 55.0 Å². The first kappa shape index (κ1) is 18.1. The third kappa shape index (κ3) is 4.00. The van der Waals surface area contributed by atoms with Crippen molar-refractivity contribution in [1.82, 2.24) is 20.1 Å². The largest absolute Gasteiger partial charge is 0.306 e. The second-order valence-corrected chi connectivity index (χ2v) is 6.68. The maximum atomic E-state index is 13.4. The lowest BCUT2D eigenvalue weighted by atomic mass is 10.1. The number of nitrogens with zero attached hydrogens (tertiary/aromatic N) is 3. The van der Waals surface area contributed by atoms with Gasteiger partial charge in [-0.3, -0.25) is 4.98 Å².